The monoisotopic (exact) mass is 358 g/mol. The maximum atomic E-state index is 11.8. The predicted molar refractivity (Wildman–Crippen MR) is 94.5 cm³/mol. The van der Waals surface area contributed by atoms with E-state index in [1.165, 1.54) is 0 Å². The van der Waals surface area contributed by atoms with Crippen molar-refractivity contribution in [2.45, 2.75) is 97.4 Å². The normalized spacial score (nSPS) is 21.5. The van der Waals surface area contributed by atoms with Gasteiger partial charge in [0.25, 0.3) is 0 Å². The largest absolute Gasteiger partial charge is 0.508 e. The molecule has 0 aromatic rings. The van der Waals surface area contributed by atoms with Gasteiger partial charge in [0.15, 0.2) is 0 Å². The molecule has 146 valence electrons. The van der Waals surface area contributed by atoms with Crippen LogP contribution in [0.3, 0.4) is 0 Å². The Balaban J connectivity index is 2.20. The highest BCUT2D eigenvalue weighted by Gasteiger charge is 2.27. The second kappa shape index (κ2) is 12.0. The summed E-state index contributed by atoms with van der Waals surface area (Å²) in [5.74, 6) is 0.406. The lowest BCUT2D eigenvalue weighted by Crippen LogP contribution is -2.31. The second-order valence-electron chi connectivity index (χ2n) is 7.03. The molecular weight excluding hydrogens is 324 g/mol. The molecule has 0 aromatic heterocycles. The fraction of sp³-hybridized carbons (Fsp3) is 0.895. The third-order valence-corrected chi connectivity index (χ3v) is 4.46. The predicted octanol–water partition coefficient (Wildman–Crippen LogP) is 5.23. The summed E-state index contributed by atoms with van der Waals surface area (Å²) < 4.78 is 20.9. The average Bonchev–Trinajstić information content (AvgIpc) is 2.56. The summed E-state index contributed by atoms with van der Waals surface area (Å²) in [4.78, 5) is 23.3. The molecule has 0 aromatic carbocycles. The van der Waals surface area contributed by atoms with Crippen LogP contribution in [0.15, 0.2) is 0 Å². The second-order valence-corrected chi connectivity index (χ2v) is 7.03. The van der Waals surface area contributed by atoms with Crippen LogP contribution >= 0.6 is 0 Å². The first-order chi connectivity index (χ1) is 11.9. The van der Waals surface area contributed by atoms with Gasteiger partial charge < -0.3 is 18.9 Å². The molecule has 1 unspecified atom stereocenters. The topological polar surface area (TPSA) is 71.1 Å². The van der Waals surface area contributed by atoms with Crippen molar-refractivity contribution < 1.29 is 28.5 Å². The number of rotatable bonds is 9. The van der Waals surface area contributed by atoms with E-state index in [0.29, 0.717) is 38.2 Å². The molecule has 0 spiro atoms. The molecule has 0 bridgehead atoms. The molecule has 0 aliphatic heterocycles. The maximum Gasteiger partial charge on any atom is 0.508 e. The Labute approximate surface area is 151 Å². The van der Waals surface area contributed by atoms with Gasteiger partial charge in [0.05, 0.1) is 12.7 Å². The van der Waals surface area contributed by atoms with E-state index in [2.05, 4.69) is 13.8 Å². The van der Waals surface area contributed by atoms with E-state index in [1.807, 2.05) is 0 Å². The van der Waals surface area contributed by atoms with Gasteiger partial charge >= 0.3 is 12.3 Å². The fourth-order valence-corrected chi connectivity index (χ4v) is 2.88. The zero-order valence-electron chi connectivity index (χ0n) is 16.1. The number of carbonyl (C=O) groups is 2. The summed E-state index contributed by atoms with van der Waals surface area (Å²) in [5, 5.41) is 0. The summed E-state index contributed by atoms with van der Waals surface area (Å²) in [6.07, 6.45) is 5.32. The molecule has 1 aliphatic carbocycles. The molecular formula is C19H34O6. The molecule has 1 fully saturated rings. The van der Waals surface area contributed by atoms with Crippen LogP contribution in [0.1, 0.15) is 79.1 Å². The Morgan fingerprint density at radius 2 is 1.52 bits per heavy atom. The van der Waals surface area contributed by atoms with Gasteiger partial charge in [-0.25, -0.2) is 9.59 Å². The molecule has 1 atom stereocenters. The lowest BCUT2D eigenvalue weighted by Gasteiger charge is -2.27. The van der Waals surface area contributed by atoms with E-state index in [4.69, 9.17) is 18.9 Å². The first-order valence-electron chi connectivity index (χ1n) is 9.65. The molecule has 6 nitrogen and oxygen atoms in total. The van der Waals surface area contributed by atoms with Crippen LogP contribution in [0.5, 0.6) is 0 Å². The van der Waals surface area contributed by atoms with E-state index < -0.39 is 12.3 Å². The highest BCUT2D eigenvalue weighted by molar-refractivity contribution is 5.60. The Morgan fingerprint density at radius 3 is 2.00 bits per heavy atom. The Bertz CT molecular complexity index is 387. The van der Waals surface area contributed by atoms with E-state index in [-0.39, 0.29) is 18.3 Å². The smallest absolute Gasteiger partial charge is 0.434 e. The van der Waals surface area contributed by atoms with Crippen LogP contribution in [-0.2, 0) is 18.9 Å². The minimum Gasteiger partial charge on any atom is -0.434 e. The zero-order chi connectivity index (χ0) is 18.7. The molecule has 0 amide bonds. The van der Waals surface area contributed by atoms with E-state index in [9.17, 15) is 9.59 Å². The van der Waals surface area contributed by atoms with Crippen molar-refractivity contribution in [1.29, 1.82) is 0 Å². The summed E-state index contributed by atoms with van der Waals surface area (Å²) >= 11 is 0. The Morgan fingerprint density at radius 1 is 0.960 bits per heavy atom. The first kappa shape index (κ1) is 21.6. The number of carbonyl (C=O) groups excluding carboxylic acids is 2. The summed E-state index contributed by atoms with van der Waals surface area (Å²) in [6, 6.07) is 0. The molecule has 0 N–H and O–H groups in total. The quantitative estimate of drug-likeness (QED) is 0.526. The van der Waals surface area contributed by atoms with E-state index >= 15 is 0 Å². The van der Waals surface area contributed by atoms with Crippen molar-refractivity contribution in [2.75, 3.05) is 6.61 Å². The van der Waals surface area contributed by atoms with Crippen molar-refractivity contribution >= 4 is 12.3 Å². The third-order valence-electron chi connectivity index (χ3n) is 4.46. The zero-order valence-corrected chi connectivity index (χ0v) is 16.1. The van der Waals surface area contributed by atoms with Crippen LogP contribution in [0.4, 0.5) is 9.59 Å². The van der Waals surface area contributed by atoms with Crippen molar-refractivity contribution in [3.05, 3.63) is 0 Å². The molecule has 1 aliphatic rings. The van der Waals surface area contributed by atoms with Gasteiger partial charge in [0, 0.05) is 0 Å². The number of hydrogen-bond acceptors (Lipinski definition) is 6. The van der Waals surface area contributed by atoms with Crippen LogP contribution in [0.2, 0.25) is 0 Å². The van der Waals surface area contributed by atoms with Gasteiger partial charge in [0.2, 0.25) is 0 Å². The molecule has 0 radical (unpaired) electrons. The number of hydrogen-bond donors (Lipinski definition) is 0. The highest BCUT2D eigenvalue weighted by atomic mass is 16.7. The summed E-state index contributed by atoms with van der Waals surface area (Å²) in [7, 11) is 0. The van der Waals surface area contributed by atoms with Gasteiger partial charge in [-0.3, -0.25) is 0 Å². The van der Waals surface area contributed by atoms with Crippen LogP contribution in [0.25, 0.3) is 0 Å². The number of unbranched alkanes of at least 4 members (excludes halogenated alkanes) is 1. The van der Waals surface area contributed by atoms with Gasteiger partial charge in [-0.2, -0.15) is 0 Å². The minimum atomic E-state index is -0.628. The van der Waals surface area contributed by atoms with Crippen LogP contribution in [-0.4, -0.2) is 37.2 Å². The van der Waals surface area contributed by atoms with Crippen molar-refractivity contribution in [1.82, 2.24) is 0 Å². The Kier molecular flexibility index (Phi) is 10.3. The van der Waals surface area contributed by atoms with Crippen molar-refractivity contribution in [2.24, 2.45) is 5.92 Å². The van der Waals surface area contributed by atoms with Crippen molar-refractivity contribution in [3.8, 4) is 0 Å². The van der Waals surface area contributed by atoms with Gasteiger partial charge in [-0.1, -0.05) is 33.1 Å². The van der Waals surface area contributed by atoms with E-state index in [0.717, 1.165) is 25.7 Å². The molecule has 1 rings (SSSR count). The van der Waals surface area contributed by atoms with Crippen molar-refractivity contribution in [3.63, 3.8) is 0 Å². The minimum absolute atomic E-state index is 0.163. The molecule has 25 heavy (non-hydrogen) atoms. The molecule has 1 saturated carbocycles. The molecule has 0 heterocycles. The maximum absolute atomic E-state index is 11.8. The molecule has 6 heteroatoms. The van der Waals surface area contributed by atoms with Gasteiger partial charge in [-0.05, 0) is 51.9 Å². The standard InChI is InChI=1S/C19H34O6/c1-5-7-8-15(6-2)13-22-18(20)24-16-9-11-17(12-10-16)25-19(21)23-14(3)4/h14-17H,5-13H2,1-4H3. The third kappa shape index (κ3) is 9.56. The SMILES string of the molecule is CCCCC(CC)COC(=O)OC1CCC(OC(=O)OC(C)C)CC1. The summed E-state index contributed by atoms with van der Waals surface area (Å²) in [6.45, 7) is 8.26. The Hall–Kier alpha value is -1.46. The lowest BCUT2D eigenvalue weighted by molar-refractivity contribution is -0.0346. The number of ether oxygens (including phenoxy) is 4. The fourth-order valence-electron chi connectivity index (χ4n) is 2.88. The first-order valence-corrected chi connectivity index (χ1v) is 9.65. The lowest BCUT2D eigenvalue weighted by atomic mass is 9.95. The van der Waals surface area contributed by atoms with Gasteiger partial charge in [-0.15, -0.1) is 0 Å². The highest BCUT2D eigenvalue weighted by Crippen LogP contribution is 2.24. The molecule has 0 saturated heterocycles. The van der Waals surface area contributed by atoms with Crippen LogP contribution < -0.4 is 0 Å². The van der Waals surface area contributed by atoms with E-state index in [1.54, 1.807) is 13.8 Å². The average molecular weight is 358 g/mol. The van der Waals surface area contributed by atoms with Crippen LogP contribution in [0, 0.1) is 5.92 Å². The van der Waals surface area contributed by atoms with Gasteiger partial charge in [0.1, 0.15) is 12.2 Å². The summed E-state index contributed by atoms with van der Waals surface area (Å²) in [5.41, 5.74) is 0.